The Morgan fingerprint density at radius 2 is 0.873 bits per heavy atom. The average Bonchev–Trinajstić information content (AvgIpc) is 1.71. The number of fused-ring (bicyclic) bond motifs is 3. The molecular formula is C51H34N4. The van der Waals surface area contributed by atoms with Crippen molar-refractivity contribution in [2.24, 2.45) is 0 Å². The van der Waals surface area contributed by atoms with Gasteiger partial charge in [0, 0.05) is 27.5 Å². The number of aromatic nitrogens is 4. The zero-order chi connectivity index (χ0) is 60.1. The third-order valence-electron chi connectivity index (χ3n) is 8.44. The zero-order valence-corrected chi connectivity index (χ0v) is 27.8. The van der Waals surface area contributed by atoms with Crippen LogP contribution in [0, 0.1) is 0 Å². The van der Waals surface area contributed by atoms with E-state index in [-0.39, 0.29) is 33.5 Å². The van der Waals surface area contributed by atoms with Gasteiger partial charge in [0.15, 0.2) is 17.5 Å². The predicted molar refractivity (Wildman–Crippen MR) is 227 cm³/mol. The number of benzene rings is 8. The summed E-state index contributed by atoms with van der Waals surface area (Å²) in [6.45, 7) is 0. The van der Waals surface area contributed by atoms with E-state index in [0.29, 0.717) is 0 Å². The predicted octanol–water partition coefficient (Wildman–Crippen LogP) is 13.0. The summed E-state index contributed by atoms with van der Waals surface area (Å²) < 4.78 is 238. The van der Waals surface area contributed by atoms with Crippen LogP contribution in [0.4, 0.5) is 0 Å². The van der Waals surface area contributed by atoms with E-state index in [1.807, 2.05) is 0 Å². The van der Waals surface area contributed by atoms with Gasteiger partial charge in [-0.25, -0.2) is 15.0 Å². The summed E-state index contributed by atoms with van der Waals surface area (Å²) in [5.74, 6) is -1.57. The van der Waals surface area contributed by atoms with Crippen LogP contribution in [0.25, 0.3) is 95.0 Å². The smallest absolute Gasteiger partial charge is 0.166 e. The molecule has 0 amide bonds. The van der Waals surface area contributed by atoms with Crippen LogP contribution in [0.2, 0.25) is 0 Å². The average molecular weight is 730 g/mol. The van der Waals surface area contributed by atoms with E-state index in [2.05, 4.69) is 9.97 Å². The fourth-order valence-corrected chi connectivity index (χ4v) is 6.02. The van der Waals surface area contributed by atoms with E-state index in [4.69, 9.17) is 35.1 Å². The minimum atomic E-state index is -0.905. The van der Waals surface area contributed by atoms with Crippen LogP contribution >= 0.6 is 0 Å². The molecule has 10 aromatic rings. The van der Waals surface area contributed by atoms with Gasteiger partial charge in [-0.05, 0) is 69.7 Å². The van der Waals surface area contributed by atoms with Crippen LogP contribution in [-0.4, -0.2) is 19.5 Å². The second kappa shape index (κ2) is 13.8. The van der Waals surface area contributed by atoms with Crippen molar-refractivity contribution in [3.63, 3.8) is 0 Å². The minimum absolute atomic E-state index is 0.0119. The first-order chi connectivity index (χ1) is 38.5. The maximum atomic E-state index is 9.73. The Balaban J connectivity index is 1.41. The highest BCUT2D eigenvalue weighted by Crippen LogP contribution is 2.39. The highest BCUT2D eigenvalue weighted by atomic mass is 15.1. The Bertz CT molecular complexity index is 4440. The molecule has 0 spiro atoms. The summed E-state index contributed by atoms with van der Waals surface area (Å²) in [7, 11) is 0. The molecule has 0 saturated carbocycles. The molecule has 0 aliphatic heterocycles. The van der Waals surface area contributed by atoms with E-state index in [1.54, 1.807) is 0 Å². The first-order valence-electron chi connectivity index (χ1n) is 29.8. The molecule has 8 aromatic carbocycles. The molecular weight excluding hydrogens is 669 g/mol. The molecule has 10 rings (SSSR count). The molecule has 0 bridgehead atoms. The molecule has 0 unspecified atom stereocenters. The summed E-state index contributed by atoms with van der Waals surface area (Å²) in [5, 5.41) is -0.944. The van der Waals surface area contributed by atoms with Crippen molar-refractivity contribution in [1.82, 2.24) is 19.5 Å². The van der Waals surface area contributed by atoms with Crippen molar-refractivity contribution < 1.29 is 37.0 Å². The van der Waals surface area contributed by atoms with Crippen LogP contribution in [0.3, 0.4) is 0 Å². The van der Waals surface area contributed by atoms with Gasteiger partial charge in [-0.2, -0.15) is 0 Å². The lowest BCUT2D eigenvalue weighted by atomic mass is 10.0. The van der Waals surface area contributed by atoms with Gasteiger partial charge in [0.25, 0.3) is 0 Å². The fourth-order valence-electron chi connectivity index (χ4n) is 6.02. The first kappa shape index (κ1) is 14.8. The van der Waals surface area contributed by atoms with Gasteiger partial charge >= 0.3 is 0 Å². The molecule has 0 fully saturated rings. The molecule has 2 heterocycles. The van der Waals surface area contributed by atoms with Crippen molar-refractivity contribution in [1.29, 1.82) is 0 Å². The van der Waals surface area contributed by atoms with Gasteiger partial charge in [0.1, 0.15) is 0 Å². The minimum Gasteiger partial charge on any atom is -0.309 e. The van der Waals surface area contributed by atoms with Gasteiger partial charge in [-0.3, -0.25) is 0 Å². The van der Waals surface area contributed by atoms with E-state index in [0.717, 1.165) is 4.57 Å². The van der Waals surface area contributed by atoms with Crippen LogP contribution in [0.1, 0.15) is 37.0 Å². The maximum Gasteiger partial charge on any atom is 0.166 e. The van der Waals surface area contributed by atoms with E-state index in [9.17, 15) is 6.85 Å². The van der Waals surface area contributed by atoms with Gasteiger partial charge in [-0.1, -0.05) is 169 Å². The Morgan fingerprint density at radius 1 is 0.364 bits per heavy atom. The molecule has 2 aromatic heterocycles. The highest BCUT2D eigenvalue weighted by Gasteiger charge is 2.21. The van der Waals surface area contributed by atoms with Crippen molar-refractivity contribution in [3.8, 4) is 73.2 Å². The van der Waals surface area contributed by atoms with Crippen molar-refractivity contribution in [2.75, 3.05) is 0 Å². The molecule has 0 aliphatic rings. The van der Waals surface area contributed by atoms with Gasteiger partial charge in [0.05, 0.1) is 53.7 Å². The van der Waals surface area contributed by atoms with E-state index >= 15 is 0 Å². The first-order valence-corrected chi connectivity index (χ1v) is 16.3. The lowest BCUT2D eigenvalue weighted by Gasteiger charge is -2.16. The third-order valence-corrected chi connectivity index (χ3v) is 8.44. The second-order valence-corrected chi connectivity index (χ2v) is 11.7. The lowest BCUT2D eigenvalue weighted by Crippen LogP contribution is -2.04. The molecule has 4 nitrogen and oxygen atoms in total. The number of para-hydroxylation sites is 1. The topological polar surface area (TPSA) is 43.6 Å². The molecule has 0 aliphatic carbocycles. The quantitative estimate of drug-likeness (QED) is 0.164. The summed E-state index contributed by atoms with van der Waals surface area (Å²) in [4.78, 5) is 14.0. The molecule has 55 heavy (non-hydrogen) atoms. The van der Waals surface area contributed by atoms with Crippen LogP contribution in [0.5, 0.6) is 0 Å². The SMILES string of the molecule is [2H]c1c([2H])c([2H])c(-c2cccc(-c3nc(-c4cc(-c5c([2H])c([2H])c([2H])c([2H])c5[2H])ccc4-n4c5c([2H])c([2H])c([2H])c([2H])c5c5c([2H])c(-c6c([2H])c([2H])c([2H])c([2H])c6[2H])c([2H])c([2H])c54)nc(-c4c([2H])c([2H])c([2H])c([2H])c4[2H])n3)c2)c([2H])c1[2H]. The maximum absolute atomic E-state index is 9.73. The molecule has 0 saturated heterocycles. The zero-order valence-electron chi connectivity index (χ0n) is 54.8. The Kier molecular flexibility index (Phi) is 3.72. The largest absolute Gasteiger partial charge is 0.309 e. The summed E-state index contributed by atoms with van der Waals surface area (Å²) in [6.07, 6.45) is 0. The second-order valence-electron chi connectivity index (χ2n) is 11.7. The summed E-state index contributed by atoms with van der Waals surface area (Å²) in [5.41, 5.74) is -4.37. The lowest BCUT2D eigenvalue weighted by molar-refractivity contribution is 1.06. The molecule has 4 heteroatoms. The Morgan fingerprint density at radius 3 is 1.55 bits per heavy atom. The van der Waals surface area contributed by atoms with Crippen LogP contribution < -0.4 is 0 Å². The third kappa shape index (κ3) is 6.06. The van der Waals surface area contributed by atoms with Crippen molar-refractivity contribution in [2.45, 2.75) is 0 Å². The standard InChI is InChI=1S/C51H34N4/c1-5-16-35(17-6-1)39-24-15-25-42(32-39)50-52-49(38-22-11-4-12-23-38)53-51(54-50)45-34-41(37-20-9-3-10-21-37)29-31-48(45)55-46-27-14-13-26-43(46)44-33-40(28-30-47(44)55)36-18-7-2-8-19-36/h1-34H/i1D,2D,3D,4D,5D,6D,7D,8D,9D,10D,11D,12D,13D,14D,16D,17D,18D,19D,20D,21D,22D,23D,26D,27D,28D,30D,33D. The Hall–Kier alpha value is -7.43. The molecule has 0 radical (unpaired) electrons. The molecule has 0 N–H and O–H groups in total. The van der Waals surface area contributed by atoms with Gasteiger partial charge < -0.3 is 4.57 Å². The van der Waals surface area contributed by atoms with Gasteiger partial charge in [-0.15, -0.1) is 0 Å². The number of nitrogens with zero attached hydrogens (tertiary/aromatic N) is 4. The number of rotatable bonds is 7. The number of hydrogen-bond donors (Lipinski definition) is 0. The monoisotopic (exact) mass is 729 g/mol. The van der Waals surface area contributed by atoms with Crippen molar-refractivity contribution in [3.05, 3.63) is 206 Å². The number of hydrogen-bond acceptors (Lipinski definition) is 3. The summed E-state index contributed by atoms with van der Waals surface area (Å²) in [6, 6.07) is -11.8. The fraction of sp³-hybridized carbons (Fsp3) is 0. The summed E-state index contributed by atoms with van der Waals surface area (Å²) >= 11 is 0. The highest BCUT2D eigenvalue weighted by molar-refractivity contribution is 6.11. The van der Waals surface area contributed by atoms with E-state index in [1.165, 1.54) is 42.5 Å². The van der Waals surface area contributed by atoms with Crippen LogP contribution in [0.15, 0.2) is 206 Å². The van der Waals surface area contributed by atoms with E-state index < -0.39 is 225 Å². The Labute approximate surface area is 357 Å². The molecule has 258 valence electrons. The molecule has 0 atom stereocenters. The van der Waals surface area contributed by atoms with Crippen molar-refractivity contribution >= 4 is 21.8 Å². The van der Waals surface area contributed by atoms with Crippen LogP contribution in [-0.2, 0) is 0 Å². The normalized spacial score (nSPS) is 18.1. The van der Waals surface area contributed by atoms with Gasteiger partial charge in [0.2, 0.25) is 0 Å².